The van der Waals surface area contributed by atoms with Crippen molar-refractivity contribution in [3.05, 3.63) is 11.6 Å². The maximum absolute atomic E-state index is 12.4. The molecule has 4 rings (SSSR count). The Bertz CT molecular complexity index is 771. The number of hydrogen-bond acceptors (Lipinski definition) is 8. The summed E-state index contributed by atoms with van der Waals surface area (Å²) in [6, 6.07) is 0. The minimum Gasteiger partial charge on any atom is -0.465 e. The van der Waals surface area contributed by atoms with Crippen LogP contribution in [0.5, 0.6) is 0 Å². The summed E-state index contributed by atoms with van der Waals surface area (Å²) in [5, 5.41) is 21.9. The van der Waals surface area contributed by atoms with Gasteiger partial charge < -0.3 is 29.2 Å². The Hall–Kier alpha value is -1.48. The van der Waals surface area contributed by atoms with Crippen LogP contribution >= 0.6 is 0 Å². The van der Waals surface area contributed by atoms with Gasteiger partial charge in [-0.2, -0.15) is 0 Å². The molecule has 8 heteroatoms. The van der Waals surface area contributed by atoms with Gasteiger partial charge in [0.2, 0.25) is 0 Å². The third-order valence-electron chi connectivity index (χ3n) is 7.74. The molecule has 2 bridgehead atoms. The van der Waals surface area contributed by atoms with Gasteiger partial charge in [0.25, 0.3) is 0 Å². The van der Waals surface area contributed by atoms with Gasteiger partial charge in [-0.15, -0.1) is 0 Å². The Morgan fingerprint density at radius 3 is 2.57 bits per heavy atom. The van der Waals surface area contributed by atoms with Crippen LogP contribution in [-0.4, -0.2) is 71.5 Å². The van der Waals surface area contributed by atoms with Gasteiger partial charge in [0, 0.05) is 30.6 Å². The van der Waals surface area contributed by atoms with Crippen LogP contribution in [0.4, 0.5) is 0 Å². The highest BCUT2D eigenvalue weighted by Gasteiger charge is 2.85. The predicted octanol–water partition coefficient (Wildman–Crippen LogP) is 1.12. The lowest BCUT2D eigenvalue weighted by Gasteiger charge is -2.58. The molecule has 30 heavy (non-hydrogen) atoms. The number of aliphatic hydroxyl groups is 2. The van der Waals surface area contributed by atoms with Crippen LogP contribution in [0.3, 0.4) is 0 Å². The number of fused-ring (bicyclic) bond motifs is 2. The highest BCUT2D eigenvalue weighted by molar-refractivity contribution is 5.70. The van der Waals surface area contributed by atoms with Gasteiger partial charge >= 0.3 is 11.9 Å². The quantitative estimate of drug-likeness (QED) is 0.383. The Morgan fingerprint density at radius 2 is 2.00 bits per heavy atom. The molecule has 1 spiro atoms. The fourth-order valence-corrected chi connectivity index (χ4v) is 5.92. The van der Waals surface area contributed by atoms with Gasteiger partial charge in [0.1, 0.15) is 30.5 Å². The second kappa shape index (κ2) is 7.02. The normalized spacial score (nSPS) is 46.4. The first kappa shape index (κ1) is 21.7. The van der Waals surface area contributed by atoms with E-state index < -0.39 is 52.9 Å². The molecule has 4 aliphatic rings. The maximum atomic E-state index is 12.4. The molecule has 168 valence electrons. The largest absolute Gasteiger partial charge is 0.465 e. The van der Waals surface area contributed by atoms with Crippen LogP contribution in [0, 0.1) is 16.7 Å². The summed E-state index contributed by atoms with van der Waals surface area (Å²) in [7, 11) is 0. The Kier molecular flexibility index (Phi) is 5.09. The van der Waals surface area contributed by atoms with Gasteiger partial charge in [0.15, 0.2) is 0 Å². The summed E-state index contributed by atoms with van der Waals surface area (Å²) >= 11 is 0. The lowest BCUT2D eigenvalue weighted by atomic mass is 9.51. The zero-order chi connectivity index (χ0) is 22.1. The van der Waals surface area contributed by atoms with Gasteiger partial charge in [-0.1, -0.05) is 26.8 Å². The molecule has 1 saturated carbocycles. The van der Waals surface area contributed by atoms with Crippen molar-refractivity contribution in [3.63, 3.8) is 0 Å². The van der Waals surface area contributed by atoms with Crippen LogP contribution in [0.1, 0.15) is 47.5 Å². The van der Waals surface area contributed by atoms with Crippen molar-refractivity contribution in [1.82, 2.24) is 0 Å². The molecular weight excluding hydrogens is 392 g/mol. The number of hydrogen-bond donors (Lipinski definition) is 2. The van der Waals surface area contributed by atoms with Crippen molar-refractivity contribution in [1.29, 1.82) is 0 Å². The van der Waals surface area contributed by atoms with Crippen molar-refractivity contribution in [2.45, 2.75) is 83.6 Å². The number of carbonyl (C=O) groups excluding carboxylic acids is 2. The minimum atomic E-state index is -1.13. The molecule has 2 saturated heterocycles. The number of aliphatic hydroxyl groups excluding tert-OH is 2. The molecule has 0 aromatic rings. The second-order valence-electron chi connectivity index (χ2n) is 9.92. The van der Waals surface area contributed by atoms with E-state index in [-0.39, 0.29) is 18.5 Å². The van der Waals surface area contributed by atoms with Crippen molar-refractivity contribution >= 4 is 11.9 Å². The van der Waals surface area contributed by atoms with E-state index in [4.69, 9.17) is 18.9 Å². The van der Waals surface area contributed by atoms with Crippen molar-refractivity contribution in [2.75, 3.05) is 13.2 Å². The first-order valence-electron chi connectivity index (χ1n) is 10.7. The van der Waals surface area contributed by atoms with E-state index in [1.54, 1.807) is 0 Å². The molecule has 0 aromatic carbocycles. The molecule has 0 radical (unpaired) electrons. The molecule has 8 nitrogen and oxygen atoms in total. The molecule has 3 fully saturated rings. The fraction of sp³-hybridized carbons (Fsp3) is 0.818. The smallest absolute Gasteiger partial charge is 0.306 e. The summed E-state index contributed by atoms with van der Waals surface area (Å²) in [4.78, 5) is 24.1. The molecule has 0 aromatic heterocycles. The first-order chi connectivity index (χ1) is 14.0. The minimum absolute atomic E-state index is 0.0346. The van der Waals surface area contributed by atoms with E-state index in [9.17, 15) is 19.8 Å². The zero-order valence-corrected chi connectivity index (χ0v) is 18.2. The van der Waals surface area contributed by atoms with Crippen LogP contribution in [0.25, 0.3) is 0 Å². The van der Waals surface area contributed by atoms with E-state index >= 15 is 0 Å². The summed E-state index contributed by atoms with van der Waals surface area (Å²) < 4.78 is 23.4. The van der Waals surface area contributed by atoms with E-state index in [0.717, 1.165) is 5.57 Å². The molecule has 0 amide bonds. The van der Waals surface area contributed by atoms with Crippen LogP contribution < -0.4 is 0 Å². The summed E-state index contributed by atoms with van der Waals surface area (Å²) in [5.74, 6) is -0.584. The summed E-state index contributed by atoms with van der Waals surface area (Å²) in [6.07, 6.45) is -1.50. The number of ether oxygens (including phenoxy) is 4. The van der Waals surface area contributed by atoms with E-state index in [1.807, 2.05) is 33.8 Å². The highest BCUT2D eigenvalue weighted by atomic mass is 16.6. The van der Waals surface area contributed by atoms with Gasteiger partial charge in [-0.25, -0.2) is 0 Å². The summed E-state index contributed by atoms with van der Waals surface area (Å²) in [5.41, 5.74) is -1.89. The number of carbonyl (C=O) groups is 2. The molecule has 8 atom stereocenters. The Morgan fingerprint density at radius 1 is 1.33 bits per heavy atom. The maximum Gasteiger partial charge on any atom is 0.306 e. The van der Waals surface area contributed by atoms with Crippen molar-refractivity contribution in [2.24, 2.45) is 16.7 Å². The molecule has 0 unspecified atom stereocenters. The van der Waals surface area contributed by atoms with Gasteiger partial charge in [-0.05, 0) is 18.4 Å². The zero-order valence-electron chi connectivity index (χ0n) is 18.2. The van der Waals surface area contributed by atoms with Crippen LogP contribution in [-0.2, 0) is 28.5 Å². The number of esters is 2. The average molecular weight is 424 g/mol. The monoisotopic (exact) mass is 424 g/mol. The van der Waals surface area contributed by atoms with Gasteiger partial charge in [0.05, 0.1) is 18.8 Å². The molecule has 2 aliphatic carbocycles. The van der Waals surface area contributed by atoms with E-state index in [0.29, 0.717) is 19.4 Å². The van der Waals surface area contributed by atoms with Crippen LogP contribution in [0.15, 0.2) is 11.6 Å². The highest BCUT2D eigenvalue weighted by Crippen LogP contribution is 2.71. The molecule has 2 N–H and O–H groups in total. The molecular formula is C22H32O8. The van der Waals surface area contributed by atoms with Crippen molar-refractivity contribution < 1.29 is 38.7 Å². The van der Waals surface area contributed by atoms with E-state index in [2.05, 4.69) is 0 Å². The Balaban J connectivity index is 1.75. The van der Waals surface area contributed by atoms with Crippen LogP contribution in [0.2, 0.25) is 0 Å². The number of rotatable bonds is 5. The SMILES string of the molecule is CC(=O)OC[C@]12C[C@H](OC(=O)CC(C)C)C(C)=C[C@H]1O[C@@H]1[C@H](O)[C@@H](O)[C@@]2(C)[C@@]12CO2. The fourth-order valence-electron chi connectivity index (χ4n) is 5.92. The molecule has 2 aliphatic heterocycles. The third-order valence-corrected chi connectivity index (χ3v) is 7.74. The third kappa shape index (κ3) is 2.80. The lowest BCUT2D eigenvalue weighted by molar-refractivity contribution is -0.239. The average Bonchev–Trinajstić information content (AvgIpc) is 3.43. The predicted molar refractivity (Wildman–Crippen MR) is 104 cm³/mol. The van der Waals surface area contributed by atoms with E-state index in [1.165, 1.54) is 6.92 Å². The lowest BCUT2D eigenvalue weighted by Crippen LogP contribution is -2.67. The number of epoxide rings is 1. The second-order valence-corrected chi connectivity index (χ2v) is 9.92. The first-order valence-corrected chi connectivity index (χ1v) is 10.7. The standard InChI is InChI=1S/C22H32O8/c1-11(2)6-16(24)29-14-8-21(9-27-13(4)23)15(7-12(14)3)30-19-17(25)18(26)20(21,5)22(19)10-28-22/h7,11,14-15,17-19,25-26H,6,8-10H2,1-5H3/t14-,15+,17+,18+,19+,20+,21+,22+/m0/s1. The topological polar surface area (TPSA) is 115 Å². The summed E-state index contributed by atoms with van der Waals surface area (Å²) in [6.45, 7) is 9.28. The van der Waals surface area contributed by atoms with Gasteiger partial charge in [-0.3, -0.25) is 9.59 Å². The molecule has 2 heterocycles. The van der Waals surface area contributed by atoms with Crippen molar-refractivity contribution in [3.8, 4) is 0 Å². The Labute approximate surface area is 176 Å².